The molecule has 1 N–H and O–H groups in total. The summed E-state index contributed by atoms with van der Waals surface area (Å²) >= 11 is 0. The van der Waals surface area contributed by atoms with E-state index in [1.54, 1.807) is 44.7 Å². The van der Waals surface area contributed by atoms with Crippen LogP contribution < -0.4 is 14.2 Å². The number of aldehydes is 1. The monoisotopic (exact) mass is 425 g/mol. The molecule has 0 spiro atoms. The van der Waals surface area contributed by atoms with Gasteiger partial charge in [0.25, 0.3) is 0 Å². The van der Waals surface area contributed by atoms with E-state index in [4.69, 9.17) is 18.6 Å². The maximum Gasteiger partial charge on any atom is 0.161 e. The number of ether oxygens (including phenoxy) is 3. The number of hydrogen-bond acceptors (Lipinski definition) is 7. The van der Waals surface area contributed by atoms with Gasteiger partial charge in [-0.1, -0.05) is 6.07 Å². The van der Waals surface area contributed by atoms with Gasteiger partial charge in [-0.2, -0.15) is 0 Å². The maximum absolute atomic E-state index is 10.8. The molecule has 0 fully saturated rings. The second kappa shape index (κ2) is 11.2. The van der Waals surface area contributed by atoms with Crippen molar-refractivity contribution in [3.8, 4) is 17.2 Å². The smallest absolute Gasteiger partial charge is 0.161 e. The van der Waals surface area contributed by atoms with Crippen molar-refractivity contribution in [2.75, 3.05) is 27.4 Å². The Balaban J connectivity index is 1.64. The van der Waals surface area contributed by atoms with Crippen LogP contribution in [0.3, 0.4) is 0 Å². The molecule has 3 aromatic rings. The fourth-order valence-corrected chi connectivity index (χ4v) is 3.23. The van der Waals surface area contributed by atoms with Crippen LogP contribution in [-0.2, 0) is 13.1 Å². The van der Waals surface area contributed by atoms with Crippen LogP contribution in [0.2, 0.25) is 0 Å². The van der Waals surface area contributed by atoms with Gasteiger partial charge < -0.3 is 23.7 Å². The Morgan fingerprint density at radius 3 is 2.45 bits per heavy atom. The molecule has 1 heterocycles. The SMILES string of the molecule is COc1ccc(CN(Cc2ccco2)CC(O)COc2ccc(C=O)cc2)cc1OC. The Hall–Kier alpha value is -3.29. The summed E-state index contributed by atoms with van der Waals surface area (Å²) in [6.07, 6.45) is 1.69. The molecule has 0 saturated carbocycles. The summed E-state index contributed by atoms with van der Waals surface area (Å²) in [7, 11) is 3.20. The van der Waals surface area contributed by atoms with E-state index in [-0.39, 0.29) is 6.61 Å². The van der Waals surface area contributed by atoms with Gasteiger partial charge in [0, 0.05) is 18.7 Å². The lowest BCUT2D eigenvalue weighted by molar-refractivity contribution is 0.0604. The second-order valence-corrected chi connectivity index (χ2v) is 7.09. The first-order valence-corrected chi connectivity index (χ1v) is 9.93. The van der Waals surface area contributed by atoms with Crippen molar-refractivity contribution in [2.24, 2.45) is 0 Å². The maximum atomic E-state index is 10.8. The van der Waals surface area contributed by atoms with E-state index in [2.05, 4.69) is 4.90 Å². The molecule has 0 saturated heterocycles. The molecular weight excluding hydrogens is 398 g/mol. The van der Waals surface area contributed by atoms with E-state index in [1.165, 1.54) is 0 Å². The molecule has 0 aliphatic heterocycles. The third-order valence-corrected chi connectivity index (χ3v) is 4.74. The normalized spacial score (nSPS) is 11.9. The zero-order valence-electron chi connectivity index (χ0n) is 17.7. The van der Waals surface area contributed by atoms with Crippen molar-refractivity contribution in [1.29, 1.82) is 0 Å². The van der Waals surface area contributed by atoms with Crippen LogP contribution in [0.25, 0.3) is 0 Å². The number of hydrogen-bond donors (Lipinski definition) is 1. The number of benzene rings is 2. The molecule has 1 aromatic heterocycles. The molecule has 0 radical (unpaired) electrons. The molecule has 1 unspecified atom stereocenters. The molecule has 0 aliphatic carbocycles. The lowest BCUT2D eigenvalue weighted by Gasteiger charge is -2.25. The minimum atomic E-state index is -0.721. The summed E-state index contributed by atoms with van der Waals surface area (Å²) in [5.74, 6) is 2.72. The second-order valence-electron chi connectivity index (χ2n) is 7.09. The largest absolute Gasteiger partial charge is 0.493 e. The van der Waals surface area contributed by atoms with Crippen LogP contribution in [-0.4, -0.2) is 49.8 Å². The zero-order chi connectivity index (χ0) is 22.1. The predicted octanol–water partition coefficient (Wildman–Crippen LogP) is 3.55. The number of nitrogens with zero attached hydrogens (tertiary/aromatic N) is 1. The Morgan fingerprint density at radius 2 is 1.81 bits per heavy atom. The van der Waals surface area contributed by atoms with Gasteiger partial charge in [-0.15, -0.1) is 0 Å². The molecule has 7 heteroatoms. The van der Waals surface area contributed by atoms with E-state index in [9.17, 15) is 9.90 Å². The van der Waals surface area contributed by atoms with Crippen LogP contribution in [0.15, 0.2) is 65.3 Å². The van der Waals surface area contributed by atoms with Crippen molar-refractivity contribution in [2.45, 2.75) is 19.2 Å². The molecule has 2 aromatic carbocycles. The minimum Gasteiger partial charge on any atom is -0.493 e. The topological polar surface area (TPSA) is 81.4 Å². The highest BCUT2D eigenvalue weighted by atomic mass is 16.5. The molecule has 0 aliphatic rings. The van der Waals surface area contributed by atoms with Gasteiger partial charge in [0.15, 0.2) is 11.5 Å². The third kappa shape index (κ3) is 6.60. The summed E-state index contributed by atoms with van der Waals surface area (Å²) in [4.78, 5) is 12.8. The number of carbonyl (C=O) groups is 1. The van der Waals surface area contributed by atoms with Crippen LogP contribution in [0.5, 0.6) is 17.2 Å². The van der Waals surface area contributed by atoms with Crippen LogP contribution in [0.1, 0.15) is 21.7 Å². The van der Waals surface area contributed by atoms with Crippen molar-refractivity contribution in [3.63, 3.8) is 0 Å². The molecule has 164 valence electrons. The van der Waals surface area contributed by atoms with Crippen LogP contribution in [0, 0.1) is 0 Å². The van der Waals surface area contributed by atoms with E-state index in [0.29, 0.717) is 42.4 Å². The van der Waals surface area contributed by atoms with Crippen LogP contribution >= 0.6 is 0 Å². The van der Waals surface area contributed by atoms with Crippen molar-refractivity contribution in [1.82, 2.24) is 4.90 Å². The highest BCUT2D eigenvalue weighted by Gasteiger charge is 2.16. The summed E-state index contributed by atoms with van der Waals surface area (Å²) in [6, 6.07) is 16.3. The Bertz CT molecular complexity index is 939. The van der Waals surface area contributed by atoms with Gasteiger partial charge in [0.05, 0.1) is 27.0 Å². The van der Waals surface area contributed by atoms with Gasteiger partial charge in [-0.05, 0) is 54.1 Å². The number of carbonyl (C=O) groups excluding carboxylic acids is 1. The molecule has 0 bridgehead atoms. The van der Waals surface area contributed by atoms with Gasteiger partial charge in [-0.3, -0.25) is 9.69 Å². The predicted molar refractivity (Wildman–Crippen MR) is 116 cm³/mol. The van der Waals surface area contributed by atoms with E-state index in [1.807, 2.05) is 30.3 Å². The quantitative estimate of drug-likeness (QED) is 0.445. The fraction of sp³-hybridized carbons (Fsp3) is 0.292. The molecule has 3 rings (SSSR count). The number of methoxy groups -OCH3 is 2. The van der Waals surface area contributed by atoms with E-state index in [0.717, 1.165) is 17.6 Å². The van der Waals surface area contributed by atoms with Crippen molar-refractivity contribution in [3.05, 3.63) is 77.7 Å². The lowest BCUT2D eigenvalue weighted by Crippen LogP contribution is -2.35. The first-order chi connectivity index (χ1) is 15.1. The van der Waals surface area contributed by atoms with E-state index < -0.39 is 6.10 Å². The number of aliphatic hydroxyl groups excluding tert-OH is 1. The van der Waals surface area contributed by atoms with Crippen molar-refractivity contribution < 1.29 is 28.5 Å². The molecule has 0 amide bonds. The first kappa shape index (κ1) is 22.4. The number of furan rings is 1. The minimum absolute atomic E-state index is 0.126. The Kier molecular flexibility index (Phi) is 8.09. The number of aliphatic hydroxyl groups is 1. The summed E-state index contributed by atoms with van der Waals surface area (Å²) in [5, 5.41) is 10.6. The summed E-state index contributed by atoms with van der Waals surface area (Å²) in [6.45, 7) is 1.61. The highest BCUT2D eigenvalue weighted by molar-refractivity contribution is 5.74. The van der Waals surface area contributed by atoms with Gasteiger partial charge in [-0.25, -0.2) is 0 Å². The third-order valence-electron chi connectivity index (χ3n) is 4.74. The summed E-state index contributed by atoms with van der Waals surface area (Å²) < 4.78 is 21.9. The molecule has 1 atom stereocenters. The van der Waals surface area contributed by atoms with Crippen molar-refractivity contribution >= 4 is 6.29 Å². The highest BCUT2D eigenvalue weighted by Crippen LogP contribution is 2.28. The van der Waals surface area contributed by atoms with Crippen LogP contribution in [0.4, 0.5) is 0 Å². The van der Waals surface area contributed by atoms with Gasteiger partial charge in [0.2, 0.25) is 0 Å². The number of rotatable bonds is 12. The fourth-order valence-electron chi connectivity index (χ4n) is 3.23. The zero-order valence-corrected chi connectivity index (χ0v) is 17.7. The summed E-state index contributed by atoms with van der Waals surface area (Å²) in [5.41, 5.74) is 1.59. The van der Waals surface area contributed by atoms with Gasteiger partial charge in [0.1, 0.15) is 30.5 Å². The van der Waals surface area contributed by atoms with Gasteiger partial charge >= 0.3 is 0 Å². The average molecular weight is 425 g/mol. The average Bonchev–Trinajstić information content (AvgIpc) is 3.31. The standard InChI is InChI=1S/C24H27NO6/c1-28-23-10-7-19(12-24(23)29-2)13-25(15-22-4-3-11-30-22)14-20(27)17-31-21-8-5-18(16-26)6-9-21/h3-12,16,20,27H,13-15,17H2,1-2H3. The lowest BCUT2D eigenvalue weighted by atomic mass is 10.1. The molecular formula is C24H27NO6. The Labute approximate surface area is 181 Å². The Morgan fingerprint density at radius 1 is 1.03 bits per heavy atom. The molecule has 31 heavy (non-hydrogen) atoms. The first-order valence-electron chi connectivity index (χ1n) is 9.93. The molecule has 7 nitrogen and oxygen atoms in total. The van der Waals surface area contributed by atoms with E-state index >= 15 is 0 Å².